The summed E-state index contributed by atoms with van der Waals surface area (Å²) in [6.07, 6.45) is 3.20. The number of aromatic nitrogens is 3. The van der Waals surface area contributed by atoms with Crippen molar-refractivity contribution in [1.82, 2.24) is 14.8 Å². The summed E-state index contributed by atoms with van der Waals surface area (Å²) in [5.41, 5.74) is 0.892. The molecule has 3 rings (SSSR count). The third-order valence-electron chi connectivity index (χ3n) is 4.20. The minimum Gasteiger partial charge on any atom is -0.494 e. The number of pyridine rings is 1. The standard InChI is InChI=1S/C19H17N5O5/c1-12(19(26)21-16-4-3-14(24(27)28)11-17(16)29-2)23-18(25)6-5-15(22-23)13-7-9-20-10-8-13/h3-12H,1-2H3,(H,21,26). The number of ether oxygens (including phenoxy) is 1. The van der Waals surface area contributed by atoms with Crippen LogP contribution in [0.4, 0.5) is 11.4 Å². The van der Waals surface area contributed by atoms with Crippen LogP contribution in [0, 0.1) is 10.1 Å². The Morgan fingerprint density at radius 3 is 2.59 bits per heavy atom. The predicted molar refractivity (Wildman–Crippen MR) is 105 cm³/mol. The molecule has 1 atom stereocenters. The lowest BCUT2D eigenvalue weighted by Crippen LogP contribution is -2.33. The molecule has 10 heteroatoms. The number of amides is 1. The first-order chi connectivity index (χ1) is 13.9. The normalized spacial score (nSPS) is 11.5. The fourth-order valence-corrected chi connectivity index (χ4v) is 2.62. The quantitative estimate of drug-likeness (QED) is 0.501. The van der Waals surface area contributed by atoms with Crippen LogP contribution in [0.5, 0.6) is 5.75 Å². The Bertz CT molecular complexity index is 1110. The van der Waals surface area contributed by atoms with Crippen LogP contribution in [0.2, 0.25) is 0 Å². The monoisotopic (exact) mass is 395 g/mol. The van der Waals surface area contributed by atoms with Crippen LogP contribution in [0.1, 0.15) is 13.0 Å². The summed E-state index contributed by atoms with van der Waals surface area (Å²) < 4.78 is 6.19. The number of carbonyl (C=O) groups is 1. The Labute approximate surface area is 164 Å². The van der Waals surface area contributed by atoms with E-state index < -0.39 is 22.4 Å². The lowest BCUT2D eigenvalue weighted by atomic mass is 10.2. The number of anilines is 1. The minimum atomic E-state index is -0.941. The zero-order valence-corrected chi connectivity index (χ0v) is 15.6. The van der Waals surface area contributed by atoms with Crippen LogP contribution in [0.15, 0.2) is 59.7 Å². The van der Waals surface area contributed by atoms with Gasteiger partial charge in [-0.1, -0.05) is 0 Å². The van der Waals surface area contributed by atoms with Crippen molar-refractivity contribution in [3.8, 4) is 17.0 Å². The number of nitro benzene ring substituents is 1. The van der Waals surface area contributed by atoms with Crippen molar-refractivity contribution in [3.05, 3.63) is 75.3 Å². The lowest BCUT2D eigenvalue weighted by Gasteiger charge is -2.16. The molecule has 1 aromatic carbocycles. The number of carbonyl (C=O) groups excluding carboxylic acids is 1. The molecule has 0 aliphatic heterocycles. The van der Waals surface area contributed by atoms with Gasteiger partial charge in [-0.25, -0.2) is 4.68 Å². The van der Waals surface area contributed by atoms with Crippen molar-refractivity contribution in [1.29, 1.82) is 0 Å². The van der Waals surface area contributed by atoms with Crippen LogP contribution >= 0.6 is 0 Å². The molecule has 29 heavy (non-hydrogen) atoms. The summed E-state index contributed by atoms with van der Waals surface area (Å²) >= 11 is 0. The van der Waals surface area contributed by atoms with Gasteiger partial charge in [-0.2, -0.15) is 5.10 Å². The topological polar surface area (TPSA) is 129 Å². The van der Waals surface area contributed by atoms with Crippen LogP contribution in [0.3, 0.4) is 0 Å². The van der Waals surface area contributed by atoms with Gasteiger partial charge in [0.1, 0.15) is 11.8 Å². The van der Waals surface area contributed by atoms with Crippen LogP contribution < -0.4 is 15.6 Å². The van der Waals surface area contributed by atoms with Crippen molar-refractivity contribution < 1.29 is 14.5 Å². The molecule has 148 valence electrons. The van der Waals surface area contributed by atoms with E-state index in [9.17, 15) is 19.7 Å². The van der Waals surface area contributed by atoms with Crippen LogP contribution in [-0.4, -0.2) is 32.7 Å². The molecule has 1 amide bonds. The maximum atomic E-state index is 12.7. The van der Waals surface area contributed by atoms with E-state index in [0.717, 1.165) is 10.2 Å². The Hall–Kier alpha value is -4.08. The van der Waals surface area contributed by atoms with Gasteiger partial charge >= 0.3 is 0 Å². The first-order valence-corrected chi connectivity index (χ1v) is 8.54. The summed E-state index contributed by atoms with van der Waals surface area (Å²) in [5, 5.41) is 17.8. The van der Waals surface area contributed by atoms with Crippen molar-refractivity contribution in [2.45, 2.75) is 13.0 Å². The van der Waals surface area contributed by atoms with Crippen molar-refractivity contribution in [2.75, 3.05) is 12.4 Å². The second kappa shape index (κ2) is 8.30. The third kappa shape index (κ3) is 4.26. The highest BCUT2D eigenvalue weighted by Crippen LogP contribution is 2.29. The molecule has 0 fully saturated rings. The second-order valence-corrected chi connectivity index (χ2v) is 6.04. The molecule has 0 radical (unpaired) electrons. The van der Waals surface area contributed by atoms with E-state index >= 15 is 0 Å². The second-order valence-electron chi connectivity index (χ2n) is 6.04. The Morgan fingerprint density at radius 1 is 1.21 bits per heavy atom. The zero-order chi connectivity index (χ0) is 21.0. The summed E-state index contributed by atoms with van der Waals surface area (Å²) in [4.78, 5) is 39.2. The van der Waals surface area contributed by atoms with Gasteiger partial charge in [0.15, 0.2) is 0 Å². The van der Waals surface area contributed by atoms with E-state index in [1.54, 1.807) is 30.6 Å². The zero-order valence-electron chi connectivity index (χ0n) is 15.6. The molecule has 0 bridgehead atoms. The van der Waals surface area contributed by atoms with Gasteiger partial charge in [0.2, 0.25) is 5.91 Å². The van der Waals surface area contributed by atoms with Gasteiger partial charge in [0.05, 0.1) is 29.5 Å². The first kappa shape index (κ1) is 19.7. The average molecular weight is 395 g/mol. The number of nitrogens with one attached hydrogen (secondary N) is 1. The average Bonchev–Trinajstić information content (AvgIpc) is 2.74. The van der Waals surface area contributed by atoms with E-state index in [0.29, 0.717) is 5.69 Å². The fourth-order valence-electron chi connectivity index (χ4n) is 2.62. The van der Waals surface area contributed by atoms with Crippen molar-refractivity contribution in [3.63, 3.8) is 0 Å². The number of hydrogen-bond donors (Lipinski definition) is 1. The number of nitrogens with zero attached hydrogens (tertiary/aromatic N) is 4. The Kier molecular flexibility index (Phi) is 5.63. The smallest absolute Gasteiger partial charge is 0.273 e. The summed E-state index contributed by atoms with van der Waals surface area (Å²) in [5.74, 6) is -0.399. The van der Waals surface area contributed by atoms with Gasteiger partial charge in [0.25, 0.3) is 11.2 Å². The third-order valence-corrected chi connectivity index (χ3v) is 4.20. The van der Waals surface area contributed by atoms with Crippen LogP contribution in [-0.2, 0) is 4.79 Å². The molecule has 2 aromatic heterocycles. The van der Waals surface area contributed by atoms with E-state index in [2.05, 4.69) is 15.4 Å². The predicted octanol–water partition coefficient (Wildman–Crippen LogP) is 2.42. The summed E-state index contributed by atoms with van der Waals surface area (Å²) in [6, 6.07) is 9.26. The number of non-ortho nitro benzene ring substituents is 1. The number of hydrogen-bond acceptors (Lipinski definition) is 7. The number of benzene rings is 1. The molecule has 10 nitrogen and oxygen atoms in total. The van der Waals surface area contributed by atoms with Gasteiger partial charge in [-0.15, -0.1) is 0 Å². The molecular weight excluding hydrogens is 378 g/mol. The maximum Gasteiger partial charge on any atom is 0.273 e. The lowest BCUT2D eigenvalue weighted by molar-refractivity contribution is -0.384. The van der Waals surface area contributed by atoms with Gasteiger partial charge < -0.3 is 10.1 Å². The summed E-state index contributed by atoms with van der Waals surface area (Å²) in [7, 11) is 1.34. The molecule has 0 spiro atoms. The molecule has 1 unspecified atom stereocenters. The minimum absolute atomic E-state index is 0.130. The number of methoxy groups -OCH3 is 1. The maximum absolute atomic E-state index is 12.7. The highest BCUT2D eigenvalue weighted by atomic mass is 16.6. The SMILES string of the molecule is COc1cc([N+](=O)[O-])ccc1NC(=O)C(C)n1nc(-c2ccncc2)ccc1=O. The van der Waals surface area contributed by atoms with E-state index in [1.807, 2.05) is 0 Å². The molecule has 0 aliphatic rings. The Balaban J connectivity index is 1.87. The van der Waals surface area contributed by atoms with Crippen LogP contribution in [0.25, 0.3) is 11.3 Å². The van der Waals surface area contributed by atoms with Gasteiger partial charge in [0, 0.05) is 30.1 Å². The van der Waals surface area contributed by atoms with Crippen molar-refractivity contribution >= 4 is 17.3 Å². The van der Waals surface area contributed by atoms with E-state index in [1.165, 1.54) is 38.3 Å². The molecule has 0 saturated carbocycles. The molecule has 0 saturated heterocycles. The van der Waals surface area contributed by atoms with Gasteiger partial charge in [-0.05, 0) is 31.2 Å². The molecular formula is C19H17N5O5. The first-order valence-electron chi connectivity index (χ1n) is 8.54. The molecule has 2 heterocycles. The van der Waals surface area contributed by atoms with Crippen molar-refractivity contribution in [2.24, 2.45) is 0 Å². The highest BCUT2D eigenvalue weighted by Gasteiger charge is 2.20. The molecule has 0 aliphatic carbocycles. The van der Waals surface area contributed by atoms with E-state index in [-0.39, 0.29) is 17.1 Å². The van der Waals surface area contributed by atoms with Gasteiger partial charge in [-0.3, -0.25) is 24.7 Å². The summed E-state index contributed by atoms with van der Waals surface area (Å²) in [6.45, 7) is 1.53. The largest absolute Gasteiger partial charge is 0.494 e. The highest BCUT2D eigenvalue weighted by molar-refractivity contribution is 5.95. The molecule has 3 aromatic rings. The van der Waals surface area contributed by atoms with E-state index in [4.69, 9.17) is 4.74 Å². The Morgan fingerprint density at radius 2 is 1.93 bits per heavy atom. The fraction of sp³-hybridized carbons (Fsp3) is 0.158. The number of rotatable bonds is 6. The molecule has 1 N–H and O–H groups in total. The number of nitro groups is 1.